The van der Waals surface area contributed by atoms with Gasteiger partial charge in [0.1, 0.15) is 0 Å². The van der Waals surface area contributed by atoms with Crippen molar-refractivity contribution >= 4 is 21.6 Å². The SMILES string of the molecule is NC(=O)Cc1ccc(NS(=O)(=O)c2ncccc2F)cc1. The van der Waals surface area contributed by atoms with Crippen LogP contribution in [0.25, 0.3) is 0 Å². The number of anilines is 1. The highest BCUT2D eigenvalue weighted by molar-refractivity contribution is 7.92. The molecule has 0 atom stereocenters. The Morgan fingerprint density at radius 3 is 2.48 bits per heavy atom. The van der Waals surface area contributed by atoms with Crippen molar-refractivity contribution in [2.24, 2.45) is 5.73 Å². The maximum atomic E-state index is 13.5. The minimum Gasteiger partial charge on any atom is -0.369 e. The van der Waals surface area contributed by atoms with Gasteiger partial charge in [-0.05, 0) is 29.8 Å². The van der Waals surface area contributed by atoms with Crippen LogP contribution in [-0.2, 0) is 21.2 Å². The first-order valence-electron chi connectivity index (χ1n) is 5.89. The van der Waals surface area contributed by atoms with E-state index in [1.54, 1.807) is 12.1 Å². The quantitative estimate of drug-likeness (QED) is 0.861. The molecule has 1 heterocycles. The van der Waals surface area contributed by atoms with Crippen molar-refractivity contribution in [2.45, 2.75) is 11.4 Å². The fraction of sp³-hybridized carbons (Fsp3) is 0.0769. The molecule has 1 aromatic heterocycles. The van der Waals surface area contributed by atoms with Crippen molar-refractivity contribution < 1.29 is 17.6 Å². The molecule has 0 radical (unpaired) electrons. The van der Waals surface area contributed by atoms with E-state index in [0.29, 0.717) is 5.56 Å². The van der Waals surface area contributed by atoms with E-state index in [9.17, 15) is 17.6 Å². The summed E-state index contributed by atoms with van der Waals surface area (Å²) in [5, 5.41) is -0.675. The van der Waals surface area contributed by atoms with E-state index in [-0.39, 0.29) is 12.1 Å². The van der Waals surface area contributed by atoms with E-state index < -0.39 is 26.8 Å². The standard InChI is InChI=1S/C13H12FN3O3S/c14-11-2-1-7-16-13(11)21(19,20)17-10-5-3-9(4-6-10)8-12(15)18/h1-7,17H,8H2,(H2,15,18). The van der Waals surface area contributed by atoms with E-state index in [4.69, 9.17) is 5.73 Å². The molecule has 0 bridgehead atoms. The van der Waals surface area contributed by atoms with Crippen LogP contribution in [0.15, 0.2) is 47.6 Å². The second-order valence-electron chi connectivity index (χ2n) is 4.24. The van der Waals surface area contributed by atoms with Crippen molar-refractivity contribution in [3.05, 3.63) is 54.0 Å². The van der Waals surface area contributed by atoms with Gasteiger partial charge in [0.15, 0.2) is 5.82 Å². The third-order valence-electron chi connectivity index (χ3n) is 2.56. The maximum Gasteiger partial charge on any atom is 0.282 e. The highest BCUT2D eigenvalue weighted by Gasteiger charge is 2.20. The van der Waals surface area contributed by atoms with Crippen LogP contribution in [0.1, 0.15) is 5.56 Å². The van der Waals surface area contributed by atoms with E-state index in [2.05, 4.69) is 9.71 Å². The van der Waals surface area contributed by atoms with Gasteiger partial charge in [0.05, 0.1) is 6.42 Å². The van der Waals surface area contributed by atoms with Gasteiger partial charge in [0, 0.05) is 11.9 Å². The van der Waals surface area contributed by atoms with Crippen molar-refractivity contribution in [3.8, 4) is 0 Å². The molecule has 2 rings (SSSR count). The average Bonchev–Trinajstić information content (AvgIpc) is 2.40. The number of nitrogens with zero attached hydrogens (tertiary/aromatic N) is 1. The molecule has 0 fully saturated rings. The summed E-state index contributed by atoms with van der Waals surface area (Å²) in [6.07, 6.45) is 1.25. The summed E-state index contributed by atoms with van der Waals surface area (Å²) in [6, 6.07) is 8.33. The zero-order chi connectivity index (χ0) is 15.5. The Labute approximate surface area is 120 Å². The van der Waals surface area contributed by atoms with Crippen molar-refractivity contribution in [1.29, 1.82) is 0 Å². The van der Waals surface area contributed by atoms with Crippen LogP contribution in [0.3, 0.4) is 0 Å². The van der Waals surface area contributed by atoms with Crippen LogP contribution in [-0.4, -0.2) is 19.3 Å². The molecule has 2 aromatic rings. The molecule has 110 valence electrons. The highest BCUT2D eigenvalue weighted by Crippen LogP contribution is 2.17. The van der Waals surface area contributed by atoms with Gasteiger partial charge < -0.3 is 5.73 Å². The molecule has 0 saturated heterocycles. The molecule has 0 saturated carbocycles. The zero-order valence-electron chi connectivity index (χ0n) is 10.8. The highest BCUT2D eigenvalue weighted by atomic mass is 32.2. The van der Waals surface area contributed by atoms with E-state index in [1.165, 1.54) is 24.4 Å². The predicted octanol–water partition coefficient (Wildman–Crippen LogP) is 1.05. The van der Waals surface area contributed by atoms with Gasteiger partial charge >= 0.3 is 0 Å². The number of sulfonamides is 1. The van der Waals surface area contributed by atoms with Gasteiger partial charge in [0.25, 0.3) is 10.0 Å². The zero-order valence-corrected chi connectivity index (χ0v) is 11.6. The predicted molar refractivity (Wildman–Crippen MR) is 74.3 cm³/mol. The Morgan fingerprint density at radius 2 is 1.90 bits per heavy atom. The minimum absolute atomic E-state index is 0.0574. The van der Waals surface area contributed by atoms with Gasteiger partial charge in [-0.25, -0.2) is 9.37 Å². The lowest BCUT2D eigenvalue weighted by Crippen LogP contribution is -2.16. The minimum atomic E-state index is -4.11. The van der Waals surface area contributed by atoms with Crippen molar-refractivity contribution in [3.63, 3.8) is 0 Å². The Bertz CT molecular complexity index is 760. The number of carbonyl (C=O) groups excluding carboxylic acids is 1. The van der Waals surface area contributed by atoms with Gasteiger partial charge in [0.2, 0.25) is 10.9 Å². The molecule has 1 aromatic carbocycles. The van der Waals surface area contributed by atoms with Crippen molar-refractivity contribution in [2.75, 3.05) is 4.72 Å². The molecule has 0 aliphatic carbocycles. The number of nitrogens with two attached hydrogens (primary N) is 1. The van der Waals surface area contributed by atoms with Gasteiger partial charge in [-0.15, -0.1) is 0 Å². The summed E-state index contributed by atoms with van der Waals surface area (Å²) in [6.45, 7) is 0. The second kappa shape index (κ2) is 5.88. The fourth-order valence-corrected chi connectivity index (χ4v) is 2.73. The second-order valence-corrected chi connectivity index (χ2v) is 5.83. The Morgan fingerprint density at radius 1 is 1.24 bits per heavy atom. The molecule has 3 N–H and O–H groups in total. The lowest BCUT2D eigenvalue weighted by molar-refractivity contribution is -0.117. The Kier molecular flexibility index (Phi) is 4.18. The molecule has 0 aliphatic rings. The van der Waals surface area contributed by atoms with Crippen LogP contribution in [0.4, 0.5) is 10.1 Å². The van der Waals surface area contributed by atoms with Crippen LogP contribution in [0, 0.1) is 5.82 Å². The number of pyridine rings is 1. The lowest BCUT2D eigenvalue weighted by atomic mass is 10.1. The normalized spacial score (nSPS) is 11.1. The summed E-state index contributed by atoms with van der Waals surface area (Å²) in [5.74, 6) is -1.42. The van der Waals surface area contributed by atoms with Crippen LogP contribution >= 0.6 is 0 Å². The number of benzene rings is 1. The summed E-state index contributed by atoms with van der Waals surface area (Å²) in [7, 11) is -4.11. The van der Waals surface area contributed by atoms with Crippen LogP contribution in [0.2, 0.25) is 0 Å². The molecule has 0 spiro atoms. The van der Waals surface area contributed by atoms with Gasteiger partial charge in [-0.2, -0.15) is 8.42 Å². The topological polar surface area (TPSA) is 102 Å². The van der Waals surface area contributed by atoms with Crippen molar-refractivity contribution in [1.82, 2.24) is 4.98 Å². The largest absolute Gasteiger partial charge is 0.369 e. The number of aromatic nitrogens is 1. The first-order chi connectivity index (χ1) is 9.88. The third-order valence-corrected chi connectivity index (χ3v) is 3.88. The first kappa shape index (κ1) is 14.9. The molecule has 6 nitrogen and oxygen atoms in total. The monoisotopic (exact) mass is 309 g/mol. The van der Waals surface area contributed by atoms with Gasteiger partial charge in [-0.1, -0.05) is 12.1 Å². The summed E-state index contributed by atoms with van der Waals surface area (Å²) in [5.41, 5.74) is 5.93. The molecular formula is C13H12FN3O3S. The molecule has 0 unspecified atom stereocenters. The smallest absolute Gasteiger partial charge is 0.282 e. The summed E-state index contributed by atoms with van der Waals surface area (Å²) in [4.78, 5) is 14.3. The fourth-order valence-electron chi connectivity index (χ4n) is 1.66. The number of nitrogens with one attached hydrogen (secondary N) is 1. The molecule has 0 aliphatic heterocycles. The average molecular weight is 309 g/mol. The number of carbonyl (C=O) groups is 1. The Hall–Kier alpha value is -2.48. The number of amides is 1. The van der Waals surface area contributed by atoms with E-state index in [0.717, 1.165) is 6.07 Å². The van der Waals surface area contributed by atoms with Crippen LogP contribution < -0.4 is 10.5 Å². The molecule has 1 amide bonds. The molecule has 21 heavy (non-hydrogen) atoms. The lowest BCUT2D eigenvalue weighted by Gasteiger charge is -2.08. The van der Waals surface area contributed by atoms with E-state index in [1.807, 2.05) is 0 Å². The van der Waals surface area contributed by atoms with Gasteiger partial charge in [-0.3, -0.25) is 9.52 Å². The molecular weight excluding hydrogens is 297 g/mol. The number of halogens is 1. The number of hydrogen-bond donors (Lipinski definition) is 2. The third kappa shape index (κ3) is 3.76. The number of primary amides is 1. The number of rotatable bonds is 5. The van der Waals surface area contributed by atoms with Crippen LogP contribution in [0.5, 0.6) is 0 Å². The Balaban J connectivity index is 2.21. The number of hydrogen-bond acceptors (Lipinski definition) is 4. The maximum absolute atomic E-state index is 13.5. The van der Waals surface area contributed by atoms with E-state index >= 15 is 0 Å². The molecule has 8 heteroatoms. The summed E-state index contributed by atoms with van der Waals surface area (Å²) < 4.78 is 39.7. The first-order valence-corrected chi connectivity index (χ1v) is 7.37. The summed E-state index contributed by atoms with van der Waals surface area (Å²) >= 11 is 0.